The largest absolute Gasteiger partial charge is 0.409 e. The summed E-state index contributed by atoms with van der Waals surface area (Å²) in [5, 5.41) is 15.4. The first-order valence-corrected chi connectivity index (χ1v) is 7.39. The Balaban J connectivity index is 1.92. The van der Waals surface area contributed by atoms with Crippen LogP contribution in [0.25, 0.3) is 0 Å². The summed E-state index contributed by atoms with van der Waals surface area (Å²) < 4.78 is 0. The van der Waals surface area contributed by atoms with Gasteiger partial charge in [-0.2, -0.15) is 23.5 Å². The van der Waals surface area contributed by atoms with Crippen LogP contribution in [0.1, 0.15) is 12.8 Å². The maximum atomic E-state index is 8.33. The van der Waals surface area contributed by atoms with Crippen molar-refractivity contribution < 1.29 is 5.21 Å². The van der Waals surface area contributed by atoms with Crippen molar-refractivity contribution in [2.45, 2.75) is 18.1 Å². The summed E-state index contributed by atoms with van der Waals surface area (Å²) in [6.07, 6.45) is 1.59. The third-order valence-electron chi connectivity index (χ3n) is 2.17. The third-order valence-corrected chi connectivity index (χ3v) is 5.02. The van der Waals surface area contributed by atoms with Gasteiger partial charge in [0.05, 0.1) is 0 Å². The molecule has 4 nitrogen and oxygen atoms in total. The van der Waals surface area contributed by atoms with Crippen molar-refractivity contribution in [2.24, 2.45) is 10.9 Å². The zero-order chi connectivity index (χ0) is 10.9. The van der Waals surface area contributed by atoms with Gasteiger partial charge in [-0.15, -0.1) is 0 Å². The van der Waals surface area contributed by atoms with Crippen LogP contribution in [0.5, 0.6) is 0 Å². The van der Waals surface area contributed by atoms with E-state index in [0.717, 1.165) is 24.8 Å². The Morgan fingerprint density at radius 1 is 1.53 bits per heavy atom. The van der Waals surface area contributed by atoms with E-state index in [2.05, 4.69) is 22.2 Å². The van der Waals surface area contributed by atoms with Crippen LogP contribution in [0.15, 0.2) is 5.16 Å². The molecular formula is C9H19N3OS2. The Bertz CT molecular complexity index is 196. The van der Waals surface area contributed by atoms with E-state index in [9.17, 15) is 0 Å². The molecule has 1 unspecified atom stereocenters. The minimum atomic E-state index is 0.319. The fraction of sp³-hybridized carbons (Fsp3) is 0.889. The molecule has 0 aromatic carbocycles. The normalized spacial score (nSPS) is 22.9. The van der Waals surface area contributed by atoms with E-state index in [4.69, 9.17) is 10.9 Å². The number of hydrogen-bond acceptors (Lipinski definition) is 5. The highest BCUT2D eigenvalue weighted by atomic mass is 32.2. The Morgan fingerprint density at radius 2 is 2.40 bits per heavy atom. The summed E-state index contributed by atoms with van der Waals surface area (Å²) in [6, 6.07) is 0. The highest BCUT2D eigenvalue weighted by Crippen LogP contribution is 2.23. The van der Waals surface area contributed by atoms with Gasteiger partial charge >= 0.3 is 0 Å². The first kappa shape index (κ1) is 13.0. The molecule has 88 valence electrons. The molecule has 15 heavy (non-hydrogen) atoms. The molecule has 1 aliphatic rings. The number of amidine groups is 1. The molecule has 0 aromatic rings. The van der Waals surface area contributed by atoms with Crippen LogP contribution < -0.4 is 11.1 Å². The maximum Gasteiger partial charge on any atom is 0.139 e. The monoisotopic (exact) mass is 249 g/mol. The SMILES string of the molecule is NC(CCCNCC1CSCCS1)=NO. The first-order chi connectivity index (χ1) is 7.33. The van der Waals surface area contributed by atoms with Gasteiger partial charge in [-0.25, -0.2) is 0 Å². The fourth-order valence-corrected chi connectivity index (χ4v) is 4.01. The van der Waals surface area contributed by atoms with Gasteiger partial charge in [0, 0.05) is 35.5 Å². The number of hydrogen-bond donors (Lipinski definition) is 3. The van der Waals surface area contributed by atoms with Crippen LogP contribution in [0.4, 0.5) is 0 Å². The smallest absolute Gasteiger partial charge is 0.139 e. The molecule has 1 fully saturated rings. The van der Waals surface area contributed by atoms with Crippen molar-refractivity contribution >= 4 is 29.4 Å². The second-order valence-corrected chi connectivity index (χ2v) is 6.02. The number of nitrogens with two attached hydrogens (primary N) is 1. The third kappa shape index (κ3) is 6.17. The second kappa shape index (κ2) is 8.13. The Kier molecular flexibility index (Phi) is 7.04. The van der Waals surface area contributed by atoms with Gasteiger partial charge in [-0.3, -0.25) is 0 Å². The van der Waals surface area contributed by atoms with Crippen LogP contribution in [0.2, 0.25) is 0 Å². The average Bonchev–Trinajstić information content (AvgIpc) is 2.29. The molecule has 1 atom stereocenters. The molecule has 1 aliphatic heterocycles. The number of oxime groups is 1. The summed E-state index contributed by atoms with van der Waals surface area (Å²) in [7, 11) is 0. The van der Waals surface area contributed by atoms with Crippen LogP contribution in [-0.4, -0.2) is 46.6 Å². The van der Waals surface area contributed by atoms with Gasteiger partial charge in [0.1, 0.15) is 5.84 Å². The maximum absolute atomic E-state index is 8.33. The highest BCUT2D eigenvalue weighted by Gasteiger charge is 2.12. The zero-order valence-electron chi connectivity index (χ0n) is 8.82. The highest BCUT2D eigenvalue weighted by molar-refractivity contribution is 8.06. The molecule has 0 bridgehead atoms. The minimum Gasteiger partial charge on any atom is -0.409 e. The molecule has 0 amide bonds. The van der Waals surface area contributed by atoms with Gasteiger partial charge in [-0.05, 0) is 13.0 Å². The quantitative estimate of drug-likeness (QED) is 0.215. The number of rotatable bonds is 6. The zero-order valence-corrected chi connectivity index (χ0v) is 10.4. The second-order valence-electron chi connectivity index (χ2n) is 3.47. The van der Waals surface area contributed by atoms with Crippen LogP contribution in [-0.2, 0) is 0 Å². The summed E-state index contributed by atoms with van der Waals surface area (Å²) >= 11 is 4.10. The van der Waals surface area contributed by atoms with Gasteiger partial charge in [0.25, 0.3) is 0 Å². The molecule has 0 spiro atoms. The standard InChI is InChI=1S/C9H19N3OS2/c10-9(12-13)2-1-3-11-6-8-7-14-4-5-15-8/h8,11,13H,1-7H2,(H2,10,12). The number of nitrogens with zero attached hydrogens (tertiary/aromatic N) is 1. The first-order valence-electron chi connectivity index (χ1n) is 5.19. The molecule has 0 aliphatic carbocycles. The van der Waals surface area contributed by atoms with Crippen LogP contribution in [0, 0.1) is 0 Å². The van der Waals surface area contributed by atoms with E-state index in [1.54, 1.807) is 0 Å². The number of thioether (sulfide) groups is 2. The van der Waals surface area contributed by atoms with Crippen molar-refractivity contribution in [1.29, 1.82) is 0 Å². The Labute approximate surface area is 99.4 Å². The van der Waals surface area contributed by atoms with E-state index in [1.807, 2.05) is 11.8 Å². The molecule has 4 N–H and O–H groups in total. The van der Waals surface area contributed by atoms with Crippen molar-refractivity contribution in [3.05, 3.63) is 0 Å². The lowest BCUT2D eigenvalue weighted by molar-refractivity contribution is 0.316. The van der Waals surface area contributed by atoms with E-state index in [1.165, 1.54) is 17.3 Å². The molecule has 6 heteroatoms. The van der Waals surface area contributed by atoms with Gasteiger partial charge in [0.15, 0.2) is 0 Å². The van der Waals surface area contributed by atoms with Crippen LogP contribution in [0.3, 0.4) is 0 Å². The average molecular weight is 249 g/mol. The summed E-state index contributed by atoms with van der Waals surface area (Å²) in [6.45, 7) is 2.02. The van der Waals surface area contributed by atoms with Crippen LogP contribution >= 0.6 is 23.5 Å². The number of nitrogens with one attached hydrogen (secondary N) is 1. The minimum absolute atomic E-state index is 0.319. The van der Waals surface area contributed by atoms with E-state index in [0.29, 0.717) is 12.3 Å². The summed E-state index contributed by atoms with van der Waals surface area (Å²) in [5.74, 6) is 4.16. The van der Waals surface area contributed by atoms with Gasteiger partial charge in [-0.1, -0.05) is 5.16 Å². The van der Waals surface area contributed by atoms with Gasteiger partial charge in [0.2, 0.25) is 0 Å². The van der Waals surface area contributed by atoms with E-state index < -0.39 is 0 Å². The van der Waals surface area contributed by atoms with Gasteiger partial charge < -0.3 is 16.3 Å². The lowest BCUT2D eigenvalue weighted by Crippen LogP contribution is -2.30. The topological polar surface area (TPSA) is 70.6 Å². The predicted molar refractivity (Wildman–Crippen MR) is 69.1 cm³/mol. The Morgan fingerprint density at radius 3 is 3.07 bits per heavy atom. The van der Waals surface area contributed by atoms with E-state index in [-0.39, 0.29) is 0 Å². The fourth-order valence-electron chi connectivity index (χ4n) is 1.36. The molecule has 0 radical (unpaired) electrons. The molecule has 1 rings (SSSR count). The molecule has 0 aromatic heterocycles. The van der Waals surface area contributed by atoms with E-state index >= 15 is 0 Å². The van der Waals surface area contributed by atoms with Crippen molar-refractivity contribution in [3.63, 3.8) is 0 Å². The van der Waals surface area contributed by atoms with Crippen molar-refractivity contribution in [3.8, 4) is 0 Å². The van der Waals surface area contributed by atoms with Crippen molar-refractivity contribution in [2.75, 3.05) is 30.3 Å². The molecule has 0 saturated carbocycles. The molecule has 1 saturated heterocycles. The molecular weight excluding hydrogens is 230 g/mol. The summed E-state index contributed by atoms with van der Waals surface area (Å²) in [4.78, 5) is 0. The summed E-state index contributed by atoms with van der Waals surface area (Å²) in [5.41, 5.74) is 5.36. The molecule has 1 heterocycles. The lowest BCUT2D eigenvalue weighted by Gasteiger charge is -2.21. The predicted octanol–water partition coefficient (Wildman–Crippen LogP) is 0.951. The van der Waals surface area contributed by atoms with Crippen molar-refractivity contribution in [1.82, 2.24) is 5.32 Å². The Hall–Kier alpha value is -0.0700. The lowest BCUT2D eigenvalue weighted by atomic mass is 10.3.